The fourth-order valence-electron chi connectivity index (χ4n) is 3.07. The molecule has 2 fully saturated rings. The molecule has 1 N–H and O–H groups in total. The number of nitrogens with one attached hydrogen (secondary N) is 1. The highest BCUT2D eigenvalue weighted by Crippen LogP contribution is 2.21. The normalized spacial score (nSPS) is 26.5. The number of rotatable bonds is 3. The summed E-state index contributed by atoms with van der Waals surface area (Å²) in [6.07, 6.45) is 4.42. The van der Waals surface area contributed by atoms with Gasteiger partial charge in [0.1, 0.15) is 6.10 Å². The lowest BCUT2D eigenvalue weighted by Gasteiger charge is -2.37. The highest BCUT2D eigenvalue weighted by molar-refractivity contribution is 5.80. The van der Waals surface area contributed by atoms with Gasteiger partial charge in [-0.3, -0.25) is 9.67 Å². The molecule has 2 unspecified atom stereocenters. The predicted octanol–water partition coefficient (Wildman–Crippen LogP) is 0.375. The van der Waals surface area contributed by atoms with Gasteiger partial charge >= 0.3 is 0 Å². The Morgan fingerprint density at radius 1 is 1.41 bits per heavy atom. The number of nitrogens with zero attached hydrogens (tertiary/aromatic N) is 4. The Balaban J connectivity index is 1.57. The Morgan fingerprint density at radius 2 is 2.27 bits per heavy atom. The SMILES string of the molecule is CN=C(NCc1ccnn1C)N1CCOC(C2CCCO2)C1. The quantitative estimate of drug-likeness (QED) is 0.646. The number of hydrogen-bond acceptors (Lipinski definition) is 4. The minimum Gasteiger partial charge on any atom is -0.375 e. The monoisotopic (exact) mass is 307 g/mol. The molecule has 1 aromatic rings. The summed E-state index contributed by atoms with van der Waals surface area (Å²) in [5.74, 6) is 0.910. The Hall–Kier alpha value is -1.60. The van der Waals surface area contributed by atoms with Crippen LogP contribution in [0.2, 0.25) is 0 Å². The second-order valence-electron chi connectivity index (χ2n) is 5.75. The number of aromatic nitrogens is 2. The molecule has 3 heterocycles. The first kappa shape index (κ1) is 15.3. The van der Waals surface area contributed by atoms with E-state index < -0.39 is 0 Å². The standard InChI is InChI=1S/C15H25N5O2/c1-16-15(17-10-12-5-6-18-19(12)2)20-7-9-22-14(11-20)13-4-3-8-21-13/h5-6,13-14H,3-4,7-11H2,1-2H3,(H,16,17). The molecule has 7 heteroatoms. The molecule has 0 saturated carbocycles. The van der Waals surface area contributed by atoms with Gasteiger partial charge in [0.15, 0.2) is 5.96 Å². The van der Waals surface area contributed by atoms with Gasteiger partial charge in [0.25, 0.3) is 0 Å². The van der Waals surface area contributed by atoms with Crippen molar-refractivity contribution in [3.05, 3.63) is 18.0 Å². The van der Waals surface area contributed by atoms with Crippen LogP contribution in [0.4, 0.5) is 0 Å². The molecular formula is C15H25N5O2. The van der Waals surface area contributed by atoms with Crippen LogP contribution in [0.25, 0.3) is 0 Å². The van der Waals surface area contributed by atoms with Crippen LogP contribution in [0, 0.1) is 0 Å². The van der Waals surface area contributed by atoms with Gasteiger partial charge in [0, 0.05) is 40.0 Å². The van der Waals surface area contributed by atoms with E-state index in [1.807, 2.05) is 31.0 Å². The summed E-state index contributed by atoms with van der Waals surface area (Å²) in [7, 11) is 3.77. The third kappa shape index (κ3) is 3.41. The fourth-order valence-corrected chi connectivity index (χ4v) is 3.07. The molecule has 0 amide bonds. The van der Waals surface area contributed by atoms with E-state index in [4.69, 9.17) is 9.47 Å². The minimum atomic E-state index is 0.145. The van der Waals surface area contributed by atoms with Crippen LogP contribution in [-0.4, -0.2) is 66.2 Å². The van der Waals surface area contributed by atoms with E-state index in [2.05, 4.69) is 20.3 Å². The zero-order valence-electron chi connectivity index (χ0n) is 13.4. The number of guanidine groups is 1. The van der Waals surface area contributed by atoms with Crippen molar-refractivity contribution in [2.24, 2.45) is 12.0 Å². The van der Waals surface area contributed by atoms with Crippen LogP contribution in [0.3, 0.4) is 0 Å². The van der Waals surface area contributed by atoms with E-state index in [1.54, 1.807) is 0 Å². The van der Waals surface area contributed by atoms with Crippen LogP contribution in [-0.2, 0) is 23.1 Å². The average molecular weight is 307 g/mol. The van der Waals surface area contributed by atoms with Crippen LogP contribution < -0.4 is 5.32 Å². The van der Waals surface area contributed by atoms with Crippen molar-refractivity contribution in [3.8, 4) is 0 Å². The van der Waals surface area contributed by atoms with Gasteiger partial charge in [-0.2, -0.15) is 5.10 Å². The third-order valence-corrected chi connectivity index (χ3v) is 4.33. The molecule has 3 rings (SSSR count). The molecule has 7 nitrogen and oxygen atoms in total. The molecule has 22 heavy (non-hydrogen) atoms. The number of hydrogen-bond donors (Lipinski definition) is 1. The summed E-state index contributed by atoms with van der Waals surface area (Å²) in [5, 5.41) is 7.60. The van der Waals surface area contributed by atoms with Crippen molar-refractivity contribution < 1.29 is 9.47 Å². The summed E-state index contributed by atoms with van der Waals surface area (Å²) in [6.45, 7) is 3.98. The Kier molecular flexibility index (Phi) is 4.94. The van der Waals surface area contributed by atoms with Crippen molar-refractivity contribution >= 4 is 5.96 Å². The van der Waals surface area contributed by atoms with Crippen molar-refractivity contribution in [1.29, 1.82) is 0 Å². The van der Waals surface area contributed by atoms with E-state index in [9.17, 15) is 0 Å². The first-order valence-electron chi connectivity index (χ1n) is 7.93. The lowest BCUT2D eigenvalue weighted by molar-refractivity contribution is -0.0817. The molecule has 0 bridgehead atoms. The van der Waals surface area contributed by atoms with Gasteiger partial charge in [-0.05, 0) is 18.9 Å². The minimum absolute atomic E-state index is 0.145. The summed E-state index contributed by atoms with van der Waals surface area (Å²) in [5.41, 5.74) is 1.13. The molecule has 0 aliphatic carbocycles. The van der Waals surface area contributed by atoms with Crippen LogP contribution >= 0.6 is 0 Å². The molecule has 122 valence electrons. The van der Waals surface area contributed by atoms with Crippen molar-refractivity contribution in [2.75, 3.05) is 33.4 Å². The molecule has 0 aromatic carbocycles. The second kappa shape index (κ2) is 7.11. The highest BCUT2D eigenvalue weighted by Gasteiger charge is 2.32. The number of aryl methyl sites for hydroxylation is 1. The van der Waals surface area contributed by atoms with E-state index in [-0.39, 0.29) is 12.2 Å². The zero-order valence-corrected chi connectivity index (χ0v) is 13.4. The summed E-state index contributed by atoms with van der Waals surface area (Å²) in [4.78, 5) is 6.66. The first-order valence-corrected chi connectivity index (χ1v) is 7.93. The van der Waals surface area contributed by atoms with E-state index >= 15 is 0 Å². The van der Waals surface area contributed by atoms with Gasteiger partial charge in [0.2, 0.25) is 0 Å². The smallest absolute Gasteiger partial charge is 0.194 e. The zero-order chi connectivity index (χ0) is 15.4. The van der Waals surface area contributed by atoms with Gasteiger partial charge < -0.3 is 19.7 Å². The second-order valence-corrected chi connectivity index (χ2v) is 5.75. The Labute approximate surface area is 131 Å². The van der Waals surface area contributed by atoms with Gasteiger partial charge in [0.05, 0.1) is 24.9 Å². The molecule has 2 atom stereocenters. The van der Waals surface area contributed by atoms with Gasteiger partial charge in [-0.15, -0.1) is 0 Å². The molecule has 2 aliphatic heterocycles. The van der Waals surface area contributed by atoms with E-state index in [1.165, 1.54) is 0 Å². The van der Waals surface area contributed by atoms with Crippen molar-refractivity contribution in [2.45, 2.75) is 31.6 Å². The van der Waals surface area contributed by atoms with Gasteiger partial charge in [-0.25, -0.2) is 0 Å². The number of aliphatic imine (C=N–C) groups is 1. The molecule has 1 aromatic heterocycles. The third-order valence-electron chi connectivity index (χ3n) is 4.33. The van der Waals surface area contributed by atoms with Crippen molar-refractivity contribution in [1.82, 2.24) is 20.0 Å². The maximum absolute atomic E-state index is 5.89. The molecule has 2 aliphatic rings. The fraction of sp³-hybridized carbons (Fsp3) is 0.733. The Morgan fingerprint density at radius 3 is 2.95 bits per heavy atom. The van der Waals surface area contributed by atoms with Crippen LogP contribution in [0.1, 0.15) is 18.5 Å². The van der Waals surface area contributed by atoms with Crippen LogP contribution in [0.15, 0.2) is 17.3 Å². The number of ether oxygens (including phenoxy) is 2. The predicted molar refractivity (Wildman–Crippen MR) is 83.7 cm³/mol. The average Bonchev–Trinajstić information content (AvgIpc) is 3.20. The van der Waals surface area contributed by atoms with Gasteiger partial charge in [-0.1, -0.05) is 0 Å². The number of morpholine rings is 1. The summed E-state index contributed by atoms with van der Waals surface area (Å²) >= 11 is 0. The largest absolute Gasteiger partial charge is 0.375 e. The Bertz CT molecular complexity index is 510. The lowest BCUT2D eigenvalue weighted by Crippen LogP contribution is -2.53. The molecule has 2 saturated heterocycles. The maximum atomic E-state index is 5.89. The molecule has 0 radical (unpaired) electrons. The summed E-state index contributed by atoms with van der Waals surface area (Å²) < 4.78 is 13.5. The molecular weight excluding hydrogens is 282 g/mol. The highest BCUT2D eigenvalue weighted by atomic mass is 16.5. The molecule has 0 spiro atoms. The van der Waals surface area contributed by atoms with E-state index in [0.717, 1.165) is 50.8 Å². The van der Waals surface area contributed by atoms with Crippen LogP contribution in [0.5, 0.6) is 0 Å². The first-order chi connectivity index (χ1) is 10.8. The maximum Gasteiger partial charge on any atom is 0.194 e. The topological polar surface area (TPSA) is 63.9 Å². The van der Waals surface area contributed by atoms with E-state index in [0.29, 0.717) is 6.54 Å². The lowest BCUT2D eigenvalue weighted by atomic mass is 10.1. The summed E-state index contributed by atoms with van der Waals surface area (Å²) in [6, 6.07) is 2.01. The van der Waals surface area contributed by atoms with Crippen molar-refractivity contribution in [3.63, 3.8) is 0 Å².